The van der Waals surface area contributed by atoms with Crippen molar-refractivity contribution in [2.75, 3.05) is 41.0 Å². The Bertz CT molecular complexity index is 821. The van der Waals surface area contributed by atoms with Crippen molar-refractivity contribution < 1.29 is 9.47 Å². The molecule has 0 aromatic heterocycles. The Labute approximate surface area is 187 Å². The number of hydrogen-bond acceptors (Lipinski definition) is 4. The summed E-state index contributed by atoms with van der Waals surface area (Å²) in [6.07, 6.45) is 0.865. The molecule has 0 fully saturated rings. The summed E-state index contributed by atoms with van der Waals surface area (Å²) in [5, 5.41) is 6.82. The summed E-state index contributed by atoms with van der Waals surface area (Å²) < 4.78 is 11.1. The zero-order valence-electron chi connectivity index (χ0n) is 19.7. The second kappa shape index (κ2) is 13.7. The van der Waals surface area contributed by atoms with E-state index in [-0.39, 0.29) is 0 Å². The van der Waals surface area contributed by atoms with Crippen LogP contribution in [0.5, 0.6) is 5.75 Å². The van der Waals surface area contributed by atoms with Gasteiger partial charge in [-0.15, -0.1) is 0 Å². The van der Waals surface area contributed by atoms with E-state index in [1.165, 1.54) is 16.7 Å². The first-order valence-corrected chi connectivity index (χ1v) is 11.0. The zero-order valence-corrected chi connectivity index (χ0v) is 19.7. The first kappa shape index (κ1) is 24.7. The Hall–Kier alpha value is -2.57. The van der Waals surface area contributed by atoms with E-state index >= 15 is 0 Å². The average molecular weight is 427 g/mol. The predicted molar refractivity (Wildman–Crippen MR) is 129 cm³/mol. The minimum atomic E-state index is 0.550. The van der Waals surface area contributed by atoms with Crippen molar-refractivity contribution in [3.8, 4) is 5.75 Å². The number of nitrogens with one attached hydrogen (secondary N) is 2. The van der Waals surface area contributed by atoms with Crippen molar-refractivity contribution >= 4 is 5.96 Å². The second-order valence-corrected chi connectivity index (χ2v) is 7.86. The molecule has 31 heavy (non-hydrogen) atoms. The van der Waals surface area contributed by atoms with Gasteiger partial charge in [0.25, 0.3) is 0 Å². The minimum absolute atomic E-state index is 0.550. The molecule has 2 aromatic rings. The quantitative estimate of drug-likeness (QED) is 0.308. The Balaban J connectivity index is 2.06. The van der Waals surface area contributed by atoms with Crippen LogP contribution >= 0.6 is 0 Å². The molecule has 2 aromatic carbocycles. The first-order chi connectivity index (χ1) is 15.0. The van der Waals surface area contributed by atoms with Crippen LogP contribution in [0, 0.1) is 6.92 Å². The number of benzene rings is 2. The van der Waals surface area contributed by atoms with Crippen LogP contribution in [0.1, 0.15) is 35.6 Å². The Kier molecular flexibility index (Phi) is 10.9. The van der Waals surface area contributed by atoms with Gasteiger partial charge in [0.2, 0.25) is 0 Å². The predicted octanol–water partition coefficient (Wildman–Crippen LogP) is 3.73. The number of rotatable bonds is 12. The zero-order chi connectivity index (χ0) is 22.5. The van der Waals surface area contributed by atoms with Gasteiger partial charge in [0, 0.05) is 45.3 Å². The Morgan fingerprint density at radius 2 is 1.77 bits per heavy atom. The molecule has 0 aliphatic carbocycles. The molecule has 170 valence electrons. The van der Waals surface area contributed by atoms with Gasteiger partial charge in [-0.1, -0.05) is 36.4 Å². The highest BCUT2D eigenvalue weighted by Gasteiger charge is 2.07. The van der Waals surface area contributed by atoms with Crippen molar-refractivity contribution in [2.24, 2.45) is 4.99 Å². The van der Waals surface area contributed by atoms with E-state index in [1.54, 1.807) is 7.11 Å². The third-order valence-corrected chi connectivity index (χ3v) is 4.78. The van der Waals surface area contributed by atoms with Gasteiger partial charge in [-0.2, -0.15) is 0 Å². The minimum Gasteiger partial charge on any atom is -0.493 e. The molecule has 0 heterocycles. The summed E-state index contributed by atoms with van der Waals surface area (Å²) in [5.74, 6) is 1.69. The molecule has 2 N–H and O–H groups in total. The highest BCUT2D eigenvalue weighted by Crippen LogP contribution is 2.21. The molecule has 0 aliphatic rings. The van der Waals surface area contributed by atoms with E-state index < -0.39 is 0 Å². The van der Waals surface area contributed by atoms with Crippen LogP contribution in [-0.4, -0.2) is 51.8 Å². The molecule has 6 nitrogen and oxygen atoms in total. The van der Waals surface area contributed by atoms with E-state index in [1.807, 2.05) is 0 Å². The lowest BCUT2D eigenvalue weighted by molar-refractivity contribution is 0.172. The summed E-state index contributed by atoms with van der Waals surface area (Å²) in [5.41, 5.74) is 4.85. The number of methoxy groups -OCH3 is 1. The number of aliphatic imine (C=N–C) groups is 1. The van der Waals surface area contributed by atoms with Gasteiger partial charge >= 0.3 is 0 Å². The molecule has 0 amide bonds. The number of nitrogens with zero attached hydrogens (tertiary/aromatic N) is 2. The van der Waals surface area contributed by atoms with Crippen molar-refractivity contribution in [3.63, 3.8) is 0 Å². The highest BCUT2D eigenvalue weighted by molar-refractivity contribution is 5.79. The standard InChI is InChI=1S/C25H38N4O2/c1-6-26-25(27-17-21-10-7-8-11-23(21)19-29(3)4)28-18-22-13-12-20(2)16-24(22)31-15-9-14-30-5/h7-8,10-13,16H,6,9,14-15,17-19H2,1-5H3,(H2,26,27,28). The number of guanidine groups is 1. The molecule has 0 unspecified atom stereocenters. The molecule has 0 bridgehead atoms. The molecular formula is C25H38N4O2. The van der Waals surface area contributed by atoms with Gasteiger partial charge < -0.3 is 25.0 Å². The molecule has 0 atom stereocenters. The fourth-order valence-corrected chi connectivity index (χ4v) is 3.22. The first-order valence-electron chi connectivity index (χ1n) is 11.0. The van der Waals surface area contributed by atoms with Crippen molar-refractivity contribution in [2.45, 2.75) is 39.9 Å². The number of aryl methyl sites for hydroxylation is 1. The van der Waals surface area contributed by atoms with Crippen molar-refractivity contribution in [1.82, 2.24) is 15.5 Å². The summed E-state index contributed by atoms with van der Waals surface area (Å²) in [6, 6.07) is 14.8. The average Bonchev–Trinajstić information content (AvgIpc) is 2.74. The van der Waals surface area contributed by atoms with Gasteiger partial charge in [0.05, 0.1) is 13.2 Å². The van der Waals surface area contributed by atoms with Gasteiger partial charge in [0.1, 0.15) is 5.75 Å². The Morgan fingerprint density at radius 3 is 2.48 bits per heavy atom. The fourth-order valence-electron chi connectivity index (χ4n) is 3.22. The van der Waals surface area contributed by atoms with E-state index in [0.717, 1.165) is 43.3 Å². The molecular weight excluding hydrogens is 388 g/mol. The SMILES string of the molecule is CCNC(=NCc1ccc(C)cc1OCCCOC)NCc1ccccc1CN(C)C. The van der Waals surface area contributed by atoms with Crippen molar-refractivity contribution in [3.05, 3.63) is 64.7 Å². The van der Waals surface area contributed by atoms with Crippen LogP contribution < -0.4 is 15.4 Å². The monoisotopic (exact) mass is 426 g/mol. The van der Waals surface area contributed by atoms with Crippen LogP contribution in [0.25, 0.3) is 0 Å². The summed E-state index contributed by atoms with van der Waals surface area (Å²) >= 11 is 0. The van der Waals surface area contributed by atoms with Crippen LogP contribution in [0.3, 0.4) is 0 Å². The number of ether oxygens (including phenoxy) is 2. The van der Waals surface area contributed by atoms with Crippen LogP contribution in [0.4, 0.5) is 0 Å². The lowest BCUT2D eigenvalue weighted by Crippen LogP contribution is -2.37. The molecule has 0 spiro atoms. The Morgan fingerprint density at radius 1 is 1.00 bits per heavy atom. The van der Waals surface area contributed by atoms with Gasteiger partial charge in [-0.05, 0) is 50.7 Å². The van der Waals surface area contributed by atoms with E-state index in [9.17, 15) is 0 Å². The maximum absolute atomic E-state index is 6.00. The molecule has 0 aliphatic heterocycles. The molecule has 0 radical (unpaired) electrons. The third-order valence-electron chi connectivity index (χ3n) is 4.78. The van der Waals surface area contributed by atoms with Crippen LogP contribution in [0.2, 0.25) is 0 Å². The lowest BCUT2D eigenvalue weighted by Gasteiger charge is -2.17. The molecule has 0 saturated heterocycles. The topological polar surface area (TPSA) is 58.1 Å². The molecule has 6 heteroatoms. The molecule has 2 rings (SSSR count). The van der Waals surface area contributed by atoms with Gasteiger partial charge in [-0.25, -0.2) is 4.99 Å². The van der Waals surface area contributed by atoms with Crippen LogP contribution in [0.15, 0.2) is 47.5 Å². The maximum Gasteiger partial charge on any atom is 0.191 e. The van der Waals surface area contributed by atoms with E-state index in [4.69, 9.17) is 14.5 Å². The normalized spacial score (nSPS) is 11.6. The molecule has 0 saturated carbocycles. The summed E-state index contributed by atoms with van der Waals surface area (Å²) in [6.45, 7) is 8.48. The fraction of sp³-hybridized carbons (Fsp3) is 0.480. The largest absolute Gasteiger partial charge is 0.493 e. The smallest absolute Gasteiger partial charge is 0.191 e. The van der Waals surface area contributed by atoms with Gasteiger partial charge in [0.15, 0.2) is 5.96 Å². The number of hydrogen-bond donors (Lipinski definition) is 2. The summed E-state index contributed by atoms with van der Waals surface area (Å²) in [4.78, 5) is 6.99. The second-order valence-electron chi connectivity index (χ2n) is 7.86. The maximum atomic E-state index is 6.00. The third kappa shape index (κ3) is 8.99. The lowest BCUT2D eigenvalue weighted by atomic mass is 10.1. The highest BCUT2D eigenvalue weighted by atomic mass is 16.5. The summed E-state index contributed by atoms with van der Waals surface area (Å²) in [7, 11) is 5.89. The van der Waals surface area contributed by atoms with Crippen molar-refractivity contribution in [1.29, 1.82) is 0 Å². The van der Waals surface area contributed by atoms with E-state index in [0.29, 0.717) is 19.8 Å². The van der Waals surface area contributed by atoms with Gasteiger partial charge in [-0.3, -0.25) is 0 Å². The van der Waals surface area contributed by atoms with E-state index in [2.05, 4.69) is 85.9 Å². The van der Waals surface area contributed by atoms with Crippen LogP contribution in [-0.2, 0) is 24.4 Å².